The van der Waals surface area contributed by atoms with Crippen molar-refractivity contribution in [2.45, 2.75) is 38.8 Å². The Balaban J connectivity index is 2.00. The van der Waals surface area contributed by atoms with Gasteiger partial charge in [-0.05, 0) is 12.5 Å². The standard InChI is InChI=1S/C18H25N3O4/c1-4-5-8-13(19)18-21-14(11-25-18)17(22)20-10-12-7-6-9-15(23-2)16(12)24-3/h6-7,9,11,13H,4-5,8,10,19H2,1-3H3,(H,20,22). The number of nitrogens with one attached hydrogen (secondary N) is 1. The number of rotatable bonds is 9. The van der Waals surface area contributed by atoms with Gasteiger partial charge >= 0.3 is 0 Å². The topological polar surface area (TPSA) is 99.6 Å². The molecule has 1 heterocycles. The van der Waals surface area contributed by atoms with E-state index in [0.717, 1.165) is 24.8 Å². The van der Waals surface area contributed by atoms with Gasteiger partial charge in [0.15, 0.2) is 17.2 Å². The largest absolute Gasteiger partial charge is 0.493 e. The first-order valence-electron chi connectivity index (χ1n) is 8.29. The summed E-state index contributed by atoms with van der Waals surface area (Å²) < 4.78 is 15.9. The van der Waals surface area contributed by atoms with E-state index >= 15 is 0 Å². The van der Waals surface area contributed by atoms with Gasteiger partial charge in [0.1, 0.15) is 6.26 Å². The molecule has 0 saturated carbocycles. The van der Waals surface area contributed by atoms with E-state index in [1.807, 2.05) is 12.1 Å². The Hall–Kier alpha value is -2.54. The van der Waals surface area contributed by atoms with Gasteiger partial charge in [-0.25, -0.2) is 4.98 Å². The van der Waals surface area contributed by atoms with Gasteiger partial charge in [0, 0.05) is 12.1 Å². The molecule has 0 radical (unpaired) electrons. The van der Waals surface area contributed by atoms with Gasteiger partial charge in [0.2, 0.25) is 5.89 Å². The van der Waals surface area contributed by atoms with Crippen LogP contribution in [0.25, 0.3) is 0 Å². The number of nitrogens with two attached hydrogens (primary N) is 1. The summed E-state index contributed by atoms with van der Waals surface area (Å²) in [4.78, 5) is 16.5. The summed E-state index contributed by atoms with van der Waals surface area (Å²) in [6.45, 7) is 2.37. The fraction of sp³-hybridized carbons (Fsp3) is 0.444. The Labute approximate surface area is 147 Å². The third kappa shape index (κ3) is 4.73. The highest BCUT2D eigenvalue weighted by atomic mass is 16.5. The fourth-order valence-electron chi connectivity index (χ4n) is 2.47. The van der Waals surface area contributed by atoms with Gasteiger partial charge in [-0.3, -0.25) is 4.79 Å². The molecule has 7 heteroatoms. The summed E-state index contributed by atoms with van der Waals surface area (Å²) in [5, 5.41) is 2.80. The molecule has 0 aliphatic rings. The number of amides is 1. The van der Waals surface area contributed by atoms with Crippen molar-refractivity contribution < 1.29 is 18.7 Å². The molecule has 1 atom stereocenters. The van der Waals surface area contributed by atoms with Crippen LogP contribution in [0.5, 0.6) is 11.5 Å². The number of hydrogen-bond acceptors (Lipinski definition) is 6. The van der Waals surface area contributed by atoms with Crippen LogP contribution >= 0.6 is 0 Å². The van der Waals surface area contributed by atoms with Crippen molar-refractivity contribution in [3.05, 3.63) is 41.6 Å². The van der Waals surface area contributed by atoms with Crippen LogP contribution in [-0.2, 0) is 6.54 Å². The smallest absolute Gasteiger partial charge is 0.273 e. The normalized spacial score (nSPS) is 11.8. The lowest BCUT2D eigenvalue weighted by atomic mass is 10.1. The summed E-state index contributed by atoms with van der Waals surface area (Å²) in [5.41, 5.74) is 7.03. The molecule has 0 aliphatic carbocycles. The van der Waals surface area contributed by atoms with Crippen molar-refractivity contribution >= 4 is 5.91 Å². The first-order chi connectivity index (χ1) is 12.1. The second kappa shape index (κ2) is 9.08. The predicted molar refractivity (Wildman–Crippen MR) is 93.7 cm³/mol. The molecule has 0 spiro atoms. The quantitative estimate of drug-likeness (QED) is 0.723. The number of methoxy groups -OCH3 is 2. The van der Waals surface area contributed by atoms with Gasteiger partial charge in [-0.1, -0.05) is 31.9 Å². The van der Waals surface area contributed by atoms with E-state index in [1.165, 1.54) is 6.26 Å². The van der Waals surface area contributed by atoms with E-state index in [-0.39, 0.29) is 24.2 Å². The number of ether oxygens (including phenoxy) is 2. The molecule has 0 aliphatic heterocycles. The minimum absolute atomic E-state index is 0.212. The number of nitrogens with zero attached hydrogens (tertiary/aromatic N) is 1. The lowest BCUT2D eigenvalue weighted by Gasteiger charge is -2.12. The molecule has 0 bridgehead atoms. The molecule has 1 aromatic heterocycles. The minimum Gasteiger partial charge on any atom is -0.493 e. The monoisotopic (exact) mass is 347 g/mol. The average molecular weight is 347 g/mol. The van der Waals surface area contributed by atoms with Crippen LogP contribution in [-0.4, -0.2) is 25.1 Å². The Morgan fingerprint density at radius 2 is 2.16 bits per heavy atom. The molecule has 1 amide bonds. The van der Waals surface area contributed by atoms with Gasteiger partial charge < -0.3 is 24.9 Å². The summed E-state index contributed by atoms with van der Waals surface area (Å²) in [5.74, 6) is 1.26. The Morgan fingerprint density at radius 1 is 1.36 bits per heavy atom. The van der Waals surface area contributed by atoms with Crippen molar-refractivity contribution in [2.75, 3.05) is 14.2 Å². The van der Waals surface area contributed by atoms with Crippen molar-refractivity contribution in [2.24, 2.45) is 5.73 Å². The zero-order valence-electron chi connectivity index (χ0n) is 14.9. The predicted octanol–water partition coefficient (Wildman–Crippen LogP) is 2.81. The molecule has 2 aromatic rings. The lowest BCUT2D eigenvalue weighted by molar-refractivity contribution is 0.0945. The van der Waals surface area contributed by atoms with Crippen molar-refractivity contribution in [3.63, 3.8) is 0 Å². The molecular weight excluding hydrogens is 322 g/mol. The van der Waals surface area contributed by atoms with Gasteiger partial charge in [0.05, 0.1) is 20.3 Å². The third-order valence-electron chi connectivity index (χ3n) is 3.86. The van der Waals surface area contributed by atoms with E-state index < -0.39 is 0 Å². The second-order valence-corrected chi connectivity index (χ2v) is 5.66. The second-order valence-electron chi connectivity index (χ2n) is 5.66. The molecule has 3 N–H and O–H groups in total. The maximum Gasteiger partial charge on any atom is 0.273 e. The minimum atomic E-state index is -0.331. The molecule has 136 valence electrons. The average Bonchev–Trinajstić information content (AvgIpc) is 3.13. The van der Waals surface area contributed by atoms with Gasteiger partial charge in [-0.15, -0.1) is 0 Å². The van der Waals surface area contributed by atoms with Crippen molar-refractivity contribution in [1.29, 1.82) is 0 Å². The highest BCUT2D eigenvalue weighted by Crippen LogP contribution is 2.30. The molecule has 1 aromatic carbocycles. The third-order valence-corrected chi connectivity index (χ3v) is 3.86. The molecule has 2 rings (SSSR count). The molecule has 0 fully saturated rings. The number of aromatic nitrogens is 1. The summed E-state index contributed by atoms with van der Waals surface area (Å²) >= 11 is 0. The Bertz CT molecular complexity index is 699. The molecular formula is C18H25N3O4. The van der Waals surface area contributed by atoms with E-state index in [4.69, 9.17) is 19.6 Å². The highest BCUT2D eigenvalue weighted by Gasteiger charge is 2.17. The van der Waals surface area contributed by atoms with Crippen LogP contribution < -0.4 is 20.5 Å². The SMILES string of the molecule is CCCCC(N)c1nc(C(=O)NCc2cccc(OC)c2OC)co1. The molecule has 1 unspecified atom stereocenters. The summed E-state index contributed by atoms with van der Waals surface area (Å²) in [6.07, 6.45) is 4.14. The zero-order chi connectivity index (χ0) is 18.2. The Kier molecular flexibility index (Phi) is 6.82. The number of hydrogen-bond donors (Lipinski definition) is 2. The zero-order valence-corrected chi connectivity index (χ0v) is 14.9. The molecule has 25 heavy (non-hydrogen) atoms. The van der Waals surface area contributed by atoms with E-state index in [2.05, 4.69) is 17.2 Å². The number of benzene rings is 1. The van der Waals surface area contributed by atoms with Crippen molar-refractivity contribution in [1.82, 2.24) is 10.3 Å². The van der Waals surface area contributed by atoms with Crippen LogP contribution in [0.15, 0.2) is 28.9 Å². The van der Waals surface area contributed by atoms with Gasteiger partial charge in [-0.2, -0.15) is 0 Å². The number of carbonyl (C=O) groups is 1. The fourth-order valence-corrected chi connectivity index (χ4v) is 2.47. The summed E-state index contributed by atoms with van der Waals surface area (Å²) in [7, 11) is 3.13. The summed E-state index contributed by atoms with van der Waals surface area (Å²) in [6, 6.07) is 5.20. The maximum absolute atomic E-state index is 12.3. The van der Waals surface area contributed by atoms with Crippen LogP contribution in [0.1, 0.15) is 54.2 Å². The van der Waals surface area contributed by atoms with Gasteiger partial charge in [0.25, 0.3) is 5.91 Å². The maximum atomic E-state index is 12.3. The number of para-hydroxylation sites is 1. The van der Waals surface area contributed by atoms with E-state index in [1.54, 1.807) is 20.3 Å². The highest BCUT2D eigenvalue weighted by molar-refractivity contribution is 5.91. The number of carbonyl (C=O) groups excluding carboxylic acids is 1. The van der Waals surface area contributed by atoms with Crippen LogP contribution in [0.4, 0.5) is 0 Å². The van der Waals surface area contributed by atoms with Crippen LogP contribution in [0.2, 0.25) is 0 Å². The van der Waals surface area contributed by atoms with Crippen LogP contribution in [0.3, 0.4) is 0 Å². The molecule has 7 nitrogen and oxygen atoms in total. The van der Waals surface area contributed by atoms with Crippen molar-refractivity contribution in [3.8, 4) is 11.5 Å². The first-order valence-corrected chi connectivity index (χ1v) is 8.29. The number of unbranched alkanes of at least 4 members (excludes halogenated alkanes) is 1. The molecule has 0 saturated heterocycles. The van der Waals surface area contributed by atoms with Crippen LogP contribution in [0, 0.1) is 0 Å². The first kappa shape index (κ1) is 18.8. The lowest BCUT2D eigenvalue weighted by Crippen LogP contribution is -2.23. The Morgan fingerprint density at radius 3 is 2.84 bits per heavy atom. The number of oxazole rings is 1. The van der Waals surface area contributed by atoms with E-state index in [0.29, 0.717) is 17.4 Å². The van der Waals surface area contributed by atoms with E-state index in [9.17, 15) is 4.79 Å².